The number of ether oxygens (including phenoxy) is 2. The second-order valence-electron chi connectivity index (χ2n) is 4.53. The average molecular weight is 448 g/mol. The van der Waals surface area contributed by atoms with E-state index in [1.807, 2.05) is 13.8 Å². The summed E-state index contributed by atoms with van der Waals surface area (Å²) in [6.45, 7) is 5.00. The molecule has 0 bridgehead atoms. The number of esters is 2. The minimum atomic E-state index is -0.677. The van der Waals surface area contributed by atoms with Crippen molar-refractivity contribution in [2.45, 2.75) is 20.6 Å². The van der Waals surface area contributed by atoms with Crippen LogP contribution in [0.2, 0.25) is 0 Å². The van der Waals surface area contributed by atoms with Gasteiger partial charge in [0.2, 0.25) is 0 Å². The number of aromatic nitrogens is 1. The van der Waals surface area contributed by atoms with Gasteiger partial charge < -0.3 is 38.4 Å². The van der Waals surface area contributed by atoms with Gasteiger partial charge in [0.1, 0.15) is 5.56 Å². The Morgan fingerprint density at radius 1 is 1.17 bits per heavy atom. The highest BCUT2D eigenvalue weighted by Crippen LogP contribution is 2.02. The molecule has 8 heteroatoms. The summed E-state index contributed by atoms with van der Waals surface area (Å²) in [6, 6.07) is 3.41. The molecule has 0 N–H and O–H groups in total. The molecule has 7 nitrogen and oxygen atoms in total. The van der Waals surface area contributed by atoms with Crippen molar-refractivity contribution in [3.63, 3.8) is 0 Å². The van der Waals surface area contributed by atoms with Crippen molar-refractivity contribution in [2.24, 2.45) is 0 Å². The van der Waals surface area contributed by atoms with Crippen molar-refractivity contribution < 1.29 is 52.4 Å². The maximum absolute atomic E-state index is 12.3. The van der Waals surface area contributed by atoms with Gasteiger partial charge in [-0.2, -0.15) is 4.57 Å². The fourth-order valence-corrected chi connectivity index (χ4v) is 1.81. The molecule has 1 aromatic heterocycles. The Balaban J connectivity index is 0.00000529. The number of pyridine rings is 1. The Hall–Kier alpha value is -1.97. The minimum Gasteiger partial charge on any atom is -1.00 e. The van der Waals surface area contributed by atoms with E-state index in [1.165, 1.54) is 7.11 Å². The number of halogens is 1. The van der Waals surface area contributed by atoms with Crippen molar-refractivity contribution in [3.8, 4) is 0 Å². The van der Waals surface area contributed by atoms with Crippen LogP contribution in [0.25, 0.3) is 0 Å². The average Bonchev–Trinajstić information content (AvgIpc) is 2.58. The Labute approximate surface area is 158 Å². The summed E-state index contributed by atoms with van der Waals surface area (Å²) >= 11 is 0. The molecule has 0 aliphatic heterocycles. The van der Waals surface area contributed by atoms with Crippen LogP contribution in [0.15, 0.2) is 36.7 Å². The van der Waals surface area contributed by atoms with E-state index in [9.17, 15) is 14.4 Å². The Kier molecular flexibility index (Phi) is 10.6. The Bertz CT molecular complexity index is 600. The summed E-state index contributed by atoms with van der Waals surface area (Å²) in [5.41, 5.74) is 0.511. The summed E-state index contributed by atoms with van der Waals surface area (Å²) < 4.78 is 10.9. The molecular formula is C16H21IN2O5. The van der Waals surface area contributed by atoms with Crippen molar-refractivity contribution in [2.75, 3.05) is 20.2 Å². The van der Waals surface area contributed by atoms with Crippen LogP contribution < -0.4 is 28.5 Å². The molecule has 0 fully saturated rings. The molecule has 24 heavy (non-hydrogen) atoms. The van der Waals surface area contributed by atoms with E-state index in [2.05, 4.69) is 4.74 Å². The highest BCUT2D eigenvalue weighted by atomic mass is 127. The maximum atomic E-state index is 12.3. The lowest BCUT2D eigenvalue weighted by Crippen LogP contribution is -3.00. The molecule has 132 valence electrons. The standard InChI is InChI=1S/C16H21N2O5.HI/c1-4-18(5-2)16(21)13-7-6-10-17(11-13)12-23-15(20)9-8-14(19)22-3;/h6-11H,4-5,12H2,1-3H3;1H/q+1;/p-1/b9-8+;. The number of rotatable bonds is 7. The van der Waals surface area contributed by atoms with Crippen LogP contribution in [-0.4, -0.2) is 42.9 Å². The molecule has 0 aromatic carbocycles. The summed E-state index contributed by atoms with van der Waals surface area (Å²) in [4.78, 5) is 36.3. The molecule has 0 saturated carbocycles. The number of amides is 1. The molecular weight excluding hydrogens is 427 g/mol. The Morgan fingerprint density at radius 2 is 1.79 bits per heavy atom. The number of hydrogen-bond donors (Lipinski definition) is 0. The second kappa shape index (κ2) is 11.5. The lowest BCUT2D eigenvalue weighted by Gasteiger charge is -2.17. The van der Waals surface area contributed by atoms with E-state index in [-0.39, 0.29) is 36.6 Å². The molecule has 0 unspecified atom stereocenters. The first kappa shape index (κ1) is 22.0. The highest BCUT2D eigenvalue weighted by molar-refractivity contribution is 5.93. The molecule has 0 saturated heterocycles. The number of methoxy groups -OCH3 is 1. The third-order valence-electron chi connectivity index (χ3n) is 3.07. The first-order valence-corrected chi connectivity index (χ1v) is 7.23. The Morgan fingerprint density at radius 3 is 2.38 bits per heavy atom. The normalized spacial score (nSPS) is 9.96. The summed E-state index contributed by atoms with van der Waals surface area (Å²) in [6.07, 6.45) is 5.25. The minimum absolute atomic E-state index is 0. The van der Waals surface area contributed by atoms with E-state index in [0.717, 1.165) is 12.2 Å². The van der Waals surface area contributed by atoms with Crippen molar-refractivity contribution in [1.29, 1.82) is 0 Å². The highest BCUT2D eigenvalue weighted by Gasteiger charge is 2.16. The number of carbonyl (C=O) groups is 3. The predicted octanol–water partition coefficient (Wildman–Crippen LogP) is -2.31. The van der Waals surface area contributed by atoms with Crippen LogP contribution >= 0.6 is 0 Å². The largest absolute Gasteiger partial charge is 1.00 e. The first-order valence-electron chi connectivity index (χ1n) is 7.23. The zero-order chi connectivity index (χ0) is 17.2. The van der Waals surface area contributed by atoms with Crippen LogP contribution in [0.4, 0.5) is 0 Å². The second-order valence-corrected chi connectivity index (χ2v) is 4.53. The molecule has 0 aliphatic rings. The number of carbonyl (C=O) groups excluding carboxylic acids is 3. The number of hydrogen-bond acceptors (Lipinski definition) is 5. The monoisotopic (exact) mass is 448 g/mol. The summed E-state index contributed by atoms with van der Waals surface area (Å²) in [7, 11) is 1.21. The van der Waals surface area contributed by atoms with E-state index in [0.29, 0.717) is 18.7 Å². The van der Waals surface area contributed by atoms with Gasteiger partial charge in [-0.05, 0) is 19.9 Å². The van der Waals surface area contributed by atoms with E-state index < -0.39 is 11.9 Å². The van der Waals surface area contributed by atoms with E-state index in [4.69, 9.17) is 4.74 Å². The zero-order valence-electron chi connectivity index (χ0n) is 13.9. The van der Waals surface area contributed by atoms with Crippen molar-refractivity contribution in [3.05, 3.63) is 42.2 Å². The van der Waals surface area contributed by atoms with Crippen molar-refractivity contribution in [1.82, 2.24) is 4.90 Å². The molecule has 0 radical (unpaired) electrons. The van der Waals surface area contributed by atoms with Gasteiger partial charge in [0, 0.05) is 31.3 Å². The smallest absolute Gasteiger partial charge is 0.335 e. The third-order valence-corrected chi connectivity index (χ3v) is 3.07. The fourth-order valence-electron chi connectivity index (χ4n) is 1.81. The van der Waals surface area contributed by atoms with Crippen molar-refractivity contribution >= 4 is 17.8 Å². The van der Waals surface area contributed by atoms with Gasteiger partial charge in [-0.1, -0.05) is 0 Å². The molecule has 0 spiro atoms. The van der Waals surface area contributed by atoms with E-state index >= 15 is 0 Å². The van der Waals surface area contributed by atoms with Gasteiger partial charge in [-0.25, -0.2) is 9.59 Å². The topological polar surface area (TPSA) is 76.8 Å². The molecule has 0 aliphatic carbocycles. The maximum Gasteiger partial charge on any atom is 0.335 e. The van der Waals surface area contributed by atoms with Gasteiger partial charge in [0.05, 0.1) is 7.11 Å². The van der Waals surface area contributed by atoms with Gasteiger partial charge in [-0.3, -0.25) is 4.79 Å². The zero-order valence-corrected chi connectivity index (χ0v) is 16.1. The van der Waals surface area contributed by atoms with E-state index in [1.54, 1.807) is 34.0 Å². The van der Waals surface area contributed by atoms with Gasteiger partial charge in [0.25, 0.3) is 12.6 Å². The van der Waals surface area contributed by atoms with Crippen LogP contribution in [0.5, 0.6) is 0 Å². The number of nitrogens with zero attached hydrogens (tertiary/aromatic N) is 2. The molecule has 1 rings (SSSR count). The van der Waals surface area contributed by atoms with Crippen LogP contribution in [0.3, 0.4) is 0 Å². The molecule has 1 amide bonds. The van der Waals surface area contributed by atoms with Gasteiger partial charge in [0.15, 0.2) is 12.4 Å². The first-order chi connectivity index (χ1) is 11.0. The summed E-state index contributed by atoms with van der Waals surface area (Å²) in [5.74, 6) is -1.40. The molecule has 1 aromatic rings. The SMILES string of the molecule is CCN(CC)C(=O)c1ccc[n+](COC(=O)/C=C/C(=O)OC)c1.[I-]. The van der Waals surface area contributed by atoms with Gasteiger partial charge >= 0.3 is 11.9 Å². The predicted molar refractivity (Wildman–Crippen MR) is 81.1 cm³/mol. The van der Waals surface area contributed by atoms with Crippen LogP contribution in [0, 0.1) is 0 Å². The molecule has 1 heterocycles. The summed E-state index contributed by atoms with van der Waals surface area (Å²) in [5, 5.41) is 0. The van der Waals surface area contributed by atoms with Crippen LogP contribution in [-0.2, 0) is 25.8 Å². The molecule has 0 atom stereocenters. The quantitative estimate of drug-likeness (QED) is 0.203. The van der Waals surface area contributed by atoms with Gasteiger partial charge in [-0.15, -0.1) is 0 Å². The van der Waals surface area contributed by atoms with Crippen LogP contribution in [0.1, 0.15) is 24.2 Å². The third kappa shape index (κ3) is 7.07. The lowest BCUT2D eigenvalue weighted by atomic mass is 10.2. The fraction of sp³-hybridized carbons (Fsp3) is 0.375. The lowest BCUT2D eigenvalue weighted by molar-refractivity contribution is -0.727.